The van der Waals surface area contributed by atoms with Gasteiger partial charge in [-0.1, -0.05) is 5.92 Å². The van der Waals surface area contributed by atoms with Gasteiger partial charge in [-0.2, -0.15) is 0 Å². The number of nitrogens with zero attached hydrogens (tertiary/aromatic N) is 3. The van der Waals surface area contributed by atoms with Crippen molar-refractivity contribution in [2.24, 2.45) is 0 Å². The minimum absolute atomic E-state index is 0.0132. The number of piperidine rings is 1. The number of amides is 3. The van der Waals surface area contributed by atoms with E-state index in [0.29, 0.717) is 37.2 Å². The lowest BCUT2D eigenvalue weighted by Gasteiger charge is -2.28. The number of nitrogens with one attached hydrogen (secondary N) is 1. The van der Waals surface area contributed by atoms with Gasteiger partial charge in [-0.05, 0) is 50.0 Å². The standard InChI is InChI=1S/C23H28N4O8S/c1-23(20(29)24-32,36(2,33)34)9-12-26-16-18-14-17(15-27(18)21(26)30)6-4-3-5-13-35-22(31)25-10-7-19(28)8-11-25/h14-15,19,28,32H,7-13,16H2,1-2H3,(H,24,29). The van der Waals surface area contributed by atoms with E-state index in [0.717, 1.165) is 6.26 Å². The Kier molecular flexibility index (Phi) is 8.30. The quantitative estimate of drug-likeness (QED) is 0.267. The molecule has 0 bridgehead atoms. The molecule has 0 spiro atoms. The lowest BCUT2D eigenvalue weighted by Crippen LogP contribution is -2.50. The summed E-state index contributed by atoms with van der Waals surface area (Å²) in [5.74, 6) is 9.60. The SMILES string of the molecule is CC(CCN1Cc2cc(C#CC#CCOC(=O)N3CCC(O)CC3)cn2C1=O)(C(=O)NO)S(C)(=O)=O. The predicted octanol–water partition coefficient (Wildman–Crippen LogP) is -0.0812. The van der Waals surface area contributed by atoms with Gasteiger partial charge in [0, 0.05) is 43.3 Å². The van der Waals surface area contributed by atoms with Gasteiger partial charge in [0.2, 0.25) is 0 Å². The highest BCUT2D eigenvalue weighted by Gasteiger charge is 2.44. The Morgan fingerprint density at radius 2 is 1.97 bits per heavy atom. The number of sulfone groups is 1. The smallest absolute Gasteiger partial charge is 0.410 e. The molecule has 1 aromatic rings. The van der Waals surface area contributed by atoms with E-state index in [1.165, 1.54) is 33.0 Å². The van der Waals surface area contributed by atoms with Crippen molar-refractivity contribution >= 4 is 27.9 Å². The van der Waals surface area contributed by atoms with E-state index in [4.69, 9.17) is 9.94 Å². The second-order valence-corrected chi connectivity index (χ2v) is 11.3. The third-order valence-electron chi connectivity index (χ3n) is 6.34. The number of hydrogen-bond acceptors (Lipinski definition) is 8. The van der Waals surface area contributed by atoms with Gasteiger partial charge in [0.05, 0.1) is 12.6 Å². The minimum atomic E-state index is -3.86. The fraction of sp³-hybridized carbons (Fsp3) is 0.522. The summed E-state index contributed by atoms with van der Waals surface area (Å²) in [5.41, 5.74) is 2.58. The second-order valence-electron chi connectivity index (χ2n) is 8.81. The van der Waals surface area contributed by atoms with Crippen LogP contribution in [0, 0.1) is 23.7 Å². The molecule has 3 heterocycles. The molecule has 0 radical (unpaired) electrons. The number of aliphatic hydroxyl groups is 1. The summed E-state index contributed by atoms with van der Waals surface area (Å²) in [4.78, 5) is 39.5. The summed E-state index contributed by atoms with van der Waals surface area (Å²) in [7, 11) is -3.86. The Hall–Kier alpha value is -3.52. The van der Waals surface area contributed by atoms with Crippen molar-refractivity contribution in [2.45, 2.75) is 43.6 Å². The van der Waals surface area contributed by atoms with E-state index >= 15 is 0 Å². The van der Waals surface area contributed by atoms with Crippen molar-refractivity contribution in [3.05, 3.63) is 23.5 Å². The zero-order chi connectivity index (χ0) is 26.5. The van der Waals surface area contributed by atoms with Crippen LogP contribution in [0.5, 0.6) is 0 Å². The Labute approximate surface area is 209 Å². The number of aliphatic hydroxyl groups excluding tert-OH is 1. The van der Waals surface area contributed by atoms with Crippen molar-refractivity contribution in [3.63, 3.8) is 0 Å². The fourth-order valence-corrected chi connectivity index (χ4v) is 4.67. The van der Waals surface area contributed by atoms with Gasteiger partial charge in [-0.25, -0.2) is 23.5 Å². The van der Waals surface area contributed by atoms with E-state index in [1.807, 2.05) is 0 Å². The maximum Gasteiger partial charge on any atom is 0.410 e. The zero-order valence-electron chi connectivity index (χ0n) is 20.0. The van der Waals surface area contributed by atoms with Crippen LogP contribution in [-0.2, 0) is 25.9 Å². The molecule has 1 aromatic heterocycles. The summed E-state index contributed by atoms with van der Waals surface area (Å²) in [5, 5.41) is 18.4. The molecule has 1 saturated heterocycles. The van der Waals surface area contributed by atoms with Crippen LogP contribution < -0.4 is 5.48 Å². The van der Waals surface area contributed by atoms with E-state index in [-0.39, 0.29) is 38.3 Å². The number of rotatable bonds is 6. The molecule has 1 atom stereocenters. The number of ether oxygens (including phenoxy) is 1. The average molecular weight is 521 g/mol. The lowest BCUT2D eigenvalue weighted by atomic mass is 10.1. The molecule has 3 rings (SSSR count). The van der Waals surface area contributed by atoms with Crippen LogP contribution in [0.2, 0.25) is 0 Å². The van der Waals surface area contributed by atoms with Crippen molar-refractivity contribution in [3.8, 4) is 23.7 Å². The average Bonchev–Trinajstić information content (AvgIpc) is 3.36. The van der Waals surface area contributed by atoms with Gasteiger partial charge in [-0.3, -0.25) is 14.6 Å². The van der Waals surface area contributed by atoms with Gasteiger partial charge in [0.15, 0.2) is 21.2 Å². The number of hydroxylamine groups is 1. The van der Waals surface area contributed by atoms with Gasteiger partial charge >= 0.3 is 12.1 Å². The molecule has 12 nitrogen and oxygen atoms in total. The molecular weight excluding hydrogens is 492 g/mol. The maximum atomic E-state index is 12.7. The molecule has 194 valence electrons. The number of aromatic nitrogens is 1. The Bertz CT molecular complexity index is 1260. The molecule has 0 aliphatic carbocycles. The number of fused-ring (bicyclic) bond motifs is 1. The van der Waals surface area contributed by atoms with Crippen LogP contribution >= 0.6 is 0 Å². The first kappa shape index (κ1) is 27.1. The van der Waals surface area contributed by atoms with Crippen LogP contribution in [0.25, 0.3) is 0 Å². The molecule has 0 aromatic carbocycles. The Balaban J connectivity index is 1.51. The fourth-order valence-electron chi connectivity index (χ4n) is 3.82. The van der Waals surface area contributed by atoms with E-state index in [9.17, 15) is 27.9 Å². The Morgan fingerprint density at radius 3 is 2.58 bits per heavy atom. The number of carbonyl (C=O) groups is 3. The molecule has 13 heteroatoms. The molecular formula is C23H28N4O8S. The molecule has 2 aliphatic rings. The monoisotopic (exact) mass is 520 g/mol. The molecule has 3 amide bonds. The molecule has 36 heavy (non-hydrogen) atoms. The molecule has 1 unspecified atom stereocenters. The summed E-state index contributed by atoms with van der Waals surface area (Å²) in [6.45, 7) is 2.16. The van der Waals surface area contributed by atoms with Crippen molar-refractivity contribution in [1.82, 2.24) is 19.8 Å². The number of hydrogen-bond donors (Lipinski definition) is 3. The first-order chi connectivity index (χ1) is 17.0. The molecule has 1 fully saturated rings. The van der Waals surface area contributed by atoms with Crippen LogP contribution in [-0.4, -0.2) is 94.5 Å². The highest BCUT2D eigenvalue weighted by molar-refractivity contribution is 7.92. The first-order valence-corrected chi connectivity index (χ1v) is 13.1. The molecule has 2 aliphatic heterocycles. The van der Waals surface area contributed by atoms with Gasteiger partial charge in [0.25, 0.3) is 5.91 Å². The second kappa shape index (κ2) is 11.0. The topological polar surface area (TPSA) is 158 Å². The van der Waals surface area contributed by atoms with Crippen molar-refractivity contribution < 1.29 is 37.9 Å². The van der Waals surface area contributed by atoms with Gasteiger partial charge in [0.1, 0.15) is 0 Å². The van der Waals surface area contributed by atoms with Crippen molar-refractivity contribution in [1.29, 1.82) is 0 Å². The highest BCUT2D eigenvalue weighted by atomic mass is 32.2. The largest absolute Gasteiger partial charge is 0.436 e. The van der Waals surface area contributed by atoms with Crippen LogP contribution in [0.1, 0.15) is 37.4 Å². The van der Waals surface area contributed by atoms with E-state index < -0.39 is 26.6 Å². The zero-order valence-corrected chi connectivity index (χ0v) is 20.8. The lowest BCUT2D eigenvalue weighted by molar-refractivity contribution is -0.131. The van der Waals surface area contributed by atoms with Crippen molar-refractivity contribution in [2.75, 3.05) is 32.5 Å². The third-order valence-corrected chi connectivity index (χ3v) is 8.36. The van der Waals surface area contributed by atoms with E-state index in [2.05, 4.69) is 23.7 Å². The highest BCUT2D eigenvalue weighted by Crippen LogP contribution is 2.25. The normalized spacial score (nSPS) is 17.3. The van der Waals surface area contributed by atoms with Crippen LogP contribution in [0.4, 0.5) is 9.59 Å². The molecule has 0 saturated carbocycles. The first-order valence-electron chi connectivity index (χ1n) is 11.2. The molecule has 3 N–H and O–H groups in total. The van der Waals surface area contributed by atoms with Crippen LogP contribution in [0.15, 0.2) is 12.3 Å². The predicted molar refractivity (Wildman–Crippen MR) is 126 cm³/mol. The summed E-state index contributed by atoms with van der Waals surface area (Å²) in [6, 6.07) is 1.31. The summed E-state index contributed by atoms with van der Waals surface area (Å²) >= 11 is 0. The maximum absolute atomic E-state index is 12.7. The van der Waals surface area contributed by atoms with E-state index in [1.54, 1.807) is 6.07 Å². The summed E-state index contributed by atoms with van der Waals surface area (Å²) in [6.07, 6.45) is 2.42. The number of carbonyl (C=O) groups excluding carboxylic acids is 3. The number of likely N-dealkylation sites (tertiary alicyclic amines) is 1. The van der Waals surface area contributed by atoms with Gasteiger partial charge in [-0.15, -0.1) is 0 Å². The minimum Gasteiger partial charge on any atom is -0.436 e. The third kappa shape index (κ3) is 5.99. The van der Waals surface area contributed by atoms with Crippen LogP contribution in [0.3, 0.4) is 0 Å². The summed E-state index contributed by atoms with van der Waals surface area (Å²) < 4.78 is 28.8. The van der Waals surface area contributed by atoms with Gasteiger partial charge < -0.3 is 19.6 Å². The Morgan fingerprint density at radius 1 is 1.28 bits per heavy atom.